The van der Waals surface area contributed by atoms with Crippen LogP contribution in [0.2, 0.25) is 0 Å². The molecule has 0 radical (unpaired) electrons. The molecule has 0 spiro atoms. The van der Waals surface area contributed by atoms with Crippen LogP contribution in [-0.4, -0.2) is 19.3 Å². The number of nitrogens with zero attached hydrogens (tertiary/aromatic N) is 2. The zero-order valence-electron chi connectivity index (χ0n) is 12.6. The van der Waals surface area contributed by atoms with Crippen molar-refractivity contribution < 1.29 is 9.47 Å². The van der Waals surface area contributed by atoms with E-state index in [4.69, 9.17) is 9.47 Å². The zero-order valence-corrected chi connectivity index (χ0v) is 12.6. The van der Waals surface area contributed by atoms with Crippen molar-refractivity contribution in [2.45, 2.75) is 17.6 Å². The first-order chi connectivity index (χ1) is 11.3. The summed E-state index contributed by atoms with van der Waals surface area (Å²) in [5.41, 5.74) is 0.0826. The third-order valence-electron chi connectivity index (χ3n) is 3.94. The zero-order chi connectivity index (χ0) is 16.1. The Morgan fingerprint density at radius 2 is 1.70 bits per heavy atom. The number of rotatable bonds is 6. The van der Waals surface area contributed by atoms with Gasteiger partial charge >= 0.3 is 0 Å². The van der Waals surface area contributed by atoms with Crippen LogP contribution in [-0.2, 0) is 15.1 Å². The Kier molecular flexibility index (Phi) is 4.39. The van der Waals surface area contributed by atoms with Crippen molar-refractivity contribution in [1.29, 1.82) is 10.5 Å². The fourth-order valence-corrected chi connectivity index (χ4v) is 2.61. The topological polar surface area (TPSA) is 69.3 Å². The molecule has 4 nitrogen and oxygen atoms in total. The predicted molar refractivity (Wildman–Crippen MR) is 84.2 cm³/mol. The highest BCUT2D eigenvalue weighted by atomic mass is 16.6. The van der Waals surface area contributed by atoms with Crippen molar-refractivity contribution in [2.24, 2.45) is 0 Å². The van der Waals surface area contributed by atoms with Gasteiger partial charge in [0.1, 0.15) is 18.1 Å². The van der Waals surface area contributed by atoms with Crippen molar-refractivity contribution in [1.82, 2.24) is 0 Å². The lowest BCUT2D eigenvalue weighted by Gasteiger charge is -2.31. The summed E-state index contributed by atoms with van der Waals surface area (Å²) in [5.74, 6) is -0.727. The minimum absolute atomic E-state index is 0.0153. The number of epoxide rings is 1. The van der Waals surface area contributed by atoms with E-state index in [9.17, 15) is 10.5 Å². The second kappa shape index (κ2) is 6.62. The number of nitriles is 2. The van der Waals surface area contributed by atoms with E-state index in [0.29, 0.717) is 18.8 Å². The van der Waals surface area contributed by atoms with Gasteiger partial charge in [0.25, 0.3) is 0 Å². The van der Waals surface area contributed by atoms with Gasteiger partial charge in [-0.1, -0.05) is 60.7 Å². The molecule has 3 unspecified atom stereocenters. The van der Waals surface area contributed by atoms with Gasteiger partial charge in [0, 0.05) is 0 Å². The summed E-state index contributed by atoms with van der Waals surface area (Å²) in [6.45, 7) is 0.937. The van der Waals surface area contributed by atoms with E-state index < -0.39 is 11.5 Å². The summed E-state index contributed by atoms with van der Waals surface area (Å²) in [4.78, 5) is 0. The maximum absolute atomic E-state index is 9.96. The number of benzene rings is 2. The smallest absolute Gasteiger partial charge is 0.199 e. The van der Waals surface area contributed by atoms with Crippen molar-refractivity contribution >= 4 is 0 Å². The van der Waals surface area contributed by atoms with Gasteiger partial charge in [0.05, 0.1) is 19.3 Å². The molecule has 0 saturated carbocycles. The summed E-state index contributed by atoms with van der Waals surface area (Å²) in [6, 6.07) is 23.0. The average molecular weight is 304 g/mol. The van der Waals surface area contributed by atoms with Crippen LogP contribution in [0.1, 0.15) is 17.0 Å². The molecule has 1 fully saturated rings. The molecule has 0 aliphatic carbocycles. The molecule has 1 aliphatic rings. The van der Waals surface area contributed by atoms with Gasteiger partial charge in [-0.05, 0) is 11.1 Å². The second-order valence-electron chi connectivity index (χ2n) is 5.45. The maximum atomic E-state index is 9.96. The maximum Gasteiger partial charge on any atom is 0.199 e. The summed E-state index contributed by atoms with van der Waals surface area (Å²) in [6.07, 6.45) is 0.0153. The van der Waals surface area contributed by atoms with Crippen LogP contribution in [0.5, 0.6) is 0 Å². The van der Waals surface area contributed by atoms with Gasteiger partial charge in [-0.3, -0.25) is 0 Å². The van der Waals surface area contributed by atoms with E-state index in [0.717, 1.165) is 5.56 Å². The van der Waals surface area contributed by atoms with E-state index in [1.807, 2.05) is 60.7 Å². The molecule has 4 heteroatoms. The van der Waals surface area contributed by atoms with Gasteiger partial charge in [0.15, 0.2) is 5.60 Å². The number of hydrogen-bond acceptors (Lipinski definition) is 4. The van der Waals surface area contributed by atoms with E-state index in [-0.39, 0.29) is 6.10 Å². The van der Waals surface area contributed by atoms with Gasteiger partial charge < -0.3 is 9.47 Å². The standard InChI is InChI=1S/C19H16N2O2/c20-11-18(15-7-3-1-4-8-15)19(14-21,23-13-17-12-22-17)16-9-5-2-6-10-16/h1-10,17-18H,12-13H2. The molecule has 1 heterocycles. The van der Waals surface area contributed by atoms with E-state index >= 15 is 0 Å². The lowest BCUT2D eigenvalue weighted by atomic mass is 9.78. The molecule has 3 atom stereocenters. The highest BCUT2D eigenvalue weighted by molar-refractivity contribution is 5.41. The molecular formula is C19H16N2O2. The van der Waals surface area contributed by atoms with E-state index in [2.05, 4.69) is 12.1 Å². The summed E-state index contributed by atoms with van der Waals surface area (Å²) >= 11 is 0. The summed E-state index contributed by atoms with van der Waals surface area (Å²) in [5, 5.41) is 19.7. The van der Waals surface area contributed by atoms with Crippen LogP contribution in [0, 0.1) is 22.7 Å². The number of hydrogen-bond donors (Lipinski definition) is 0. The largest absolute Gasteiger partial charge is 0.371 e. The third kappa shape index (κ3) is 3.10. The quantitative estimate of drug-likeness (QED) is 0.769. The second-order valence-corrected chi connectivity index (χ2v) is 5.45. The molecule has 0 bridgehead atoms. The molecule has 1 aliphatic heterocycles. The Balaban J connectivity index is 2.05. The first-order valence-corrected chi connectivity index (χ1v) is 7.47. The van der Waals surface area contributed by atoms with Crippen LogP contribution >= 0.6 is 0 Å². The summed E-state index contributed by atoms with van der Waals surface area (Å²) < 4.78 is 11.2. The lowest BCUT2D eigenvalue weighted by molar-refractivity contribution is -0.0225. The van der Waals surface area contributed by atoms with Crippen LogP contribution < -0.4 is 0 Å². The Hall–Kier alpha value is -2.66. The normalized spacial score (nSPS) is 19.8. The van der Waals surface area contributed by atoms with Crippen molar-refractivity contribution in [3.05, 3.63) is 71.8 Å². The van der Waals surface area contributed by atoms with Crippen molar-refractivity contribution in [2.75, 3.05) is 13.2 Å². The highest BCUT2D eigenvalue weighted by Gasteiger charge is 2.45. The third-order valence-corrected chi connectivity index (χ3v) is 3.94. The van der Waals surface area contributed by atoms with Crippen molar-refractivity contribution in [3.8, 4) is 12.1 Å². The van der Waals surface area contributed by atoms with E-state index in [1.165, 1.54) is 0 Å². The fraction of sp³-hybridized carbons (Fsp3) is 0.263. The summed E-state index contributed by atoms with van der Waals surface area (Å²) in [7, 11) is 0. The molecule has 0 N–H and O–H groups in total. The number of ether oxygens (including phenoxy) is 2. The molecule has 23 heavy (non-hydrogen) atoms. The van der Waals surface area contributed by atoms with Gasteiger partial charge in [-0.15, -0.1) is 0 Å². The SMILES string of the molecule is N#CC(c1ccccc1)C(C#N)(OCC1CO1)c1ccccc1. The molecule has 114 valence electrons. The predicted octanol–water partition coefficient (Wildman–Crippen LogP) is 3.13. The Morgan fingerprint density at radius 3 is 2.22 bits per heavy atom. The van der Waals surface area contributed by atoms with Crippen LogP contribution in [0.15, 0.2) is 60.7 Å². The Labute approximate surface area is 135 Å². The molecule has 2 aromatic carbocycles. The Morgan fingerprint density at radius 1 is 1.09 bits per heavy atom. The minimum atomic E-state index is -1.36. The Bertz CT molecular complexity index is 729. The molecular weight excluding hydrogens is 288 g/mol. The van der Waals surface area contributed by atoms with Gasteiger partial charge in [0.2, 0.25) is 0 Å². The monoisotopic (exact) mass is 304 g/mol. The highest BCUT2D eigenvalue weighted by Crippen LogP contribution is 2.40. The molecule has 3 rings (SSSR count). The molecule has 0 aromatic heterocycles. The molecule has 2 aromatic rings. The van der Waals surface area contributed by atoms with Crippen molar-refractivity contribution in [3.63, 3.8) is 0 Å². The van der Waals surface area contributed by atoms with Gasteiger partial charge in [-0.25, -0.2) is 0 Å². The lowest BCUT2D eigenvalue weighted by Crippen LogP contribution is -2.36. The van der Waals surface area contributed by atoms with Crippen LogP contribution in [0.3, 0.4) is 0 Å². The van der Waals surface area contributed by atoms with E-state index in [1.54, 1.807) is 0 Å². The average Bonchev–Trinajstić information content (AvgIpc) is 3.45. The molecule has 1 saturated heterocycles. The van der Waals surface area contributed by atoms with Crippen LogP contribution in [0.4, 0.5) is 0 Å². The first kappa shape index (κ1) is 15.2. The fourth-order valence-electron chi connectivity index (χ4n) is 2.61. The van der Waals surface area contributed by atoms with Gasteiger partial charge in [-0.2, -0.15) is 10.5 Å². The minimum Gasteiger partial charge on any atom is -0.371 e. The first-order valence-electron chi connectivity index (χ1n) is 7.47. The van der Waals surface area contributed by atoms with Crippen LogP contribution in [0.25, 0.3) is 0 Å². The molecule has 0 amide bonds.